The summed E-state index contributed by atoms with van der Waals surface area (Å²) < 4.78 is 14.6. The molecule has 132 valence electrons. The first-order valence-electron chi connectivity index (χ1n) is 7.52. The predicted octanol–water partition coefficient (Wildman–Crippen LogP) is 1.79. The van der Waals surface area contributed by atoms with Gasteiger partial charge in [0.05, 0.1) is 19.4 Å². The lowest BCUT2D eigenvalue weighted by atomic mass is 10.0. The van der Waals surface area contributed by atoms with Crippen molar-refractivity contribution in [2.75, 3.05) is 14.2 Å². The van der Waals surface area contributed by atoms with Crippen molar-refractivity contribution in [2.24, 2.45) is 0 Å². The van der Waals surface area contributed by atoms with Crippen LogP contribution in [0.15, 0.2) is 53.2 Å². The average molecular weight is 354 g/mol. The van der Waals surface area contributed by atoms with Crippen LogP contribution >= 0.6 is 0 Å². The minimum atomic E-state index is -0.702. The van der Waals surface area contributed by atoms with Crippen LogP contribution in [0.25, 0.3) is 0 Å². The Morgan fingerprint density at radius 2 is 1.50 bits per heavy atom. The van der Waals surface area contributed by atoms with Crippen LogP contribution in [-0.2, 0) is 0 Å². The Bertz CT molecular complexity index is 979. The third-order valence-electron chi connectivity index (χ3n) is 3.71. The third kappa shape index (κ3) is 3.12. The molecule has 0 N–H and O–H groups in total. The topological polar surface area (TPSA) is 106 Å². The van der Waals surface area contributed by atoms with Crippen LogP contribution in [0.5, 0.6) is 11.5 Å². The Kier molecular flexibility index (Phi) is 4.66. The van der Waals surface area contributed by atoms with Crippen LogP contribution in [-0.4, -0.2) is 30.9 Å². The molecule has 1 aromatic heterocycles. The van der Waals surface area contributed by atoms with Gasteiger partial charge in [-0.25, -0.2) is 0 Å². The normalized spacial score (nSPS) is 10.4. The Labute approximate surface area is 148 Å². The zero-order valence-corrected chi connectivity index (χ0v) is 14.0. The molecule has 3 rings (SSSR count). The highest BCUT2D eigenvalue weighted by Crippen LogP contribution is 2.20. The minimum absolute atomic E-state index is 0.0742. The van der Waals surface area contributed by atoms with Gasteiger partial charge in [0, 0.05) is 11.1 Å². The molecule has 0 aliphatic rings. The number of ketones is 2. The molecule has 1 heterocycles. The van der Waals surface area contributed by atoms with E-state index in [0.717, 1.165) is 0 Å². The number of rotatable bonds is 6. The van der Waals surface area contributed by atoms with E-state index in [0.29, 0.717) is 11.5 Å². The van der Waals surface area contributed by atoms with E-state index in [4.69, 9.17) is 9.47 Å². The van der Waals surface area contributed by atoms with Gasteiger partial charge >= 0.3 is 0 Å². The van der Waals surface area contributed by atoms with Crippen molar-refractivity contribution >= 4 is 11.6 Å². The molecule has 0 spiro atoms. The van der Waals surface area contributed by atoms with Crippen molar-refractivity contribution in [3.05, 3.63) is 76.3 Å². The maximum atomic E-state index is 12.7. The van der Waals surface area contributed by atoms with Crippen LogP contribution < -0.4 is 14.4 Å². The molecule has 0 amide bonds. The van der Waals surface area contributed by atoms with E-state index in [1.807, 2.05) is 0 Å². The monoisotopic (exact) mass is 354 g/mol. The van der Waals surface area contributed by atoms with Gasteiger partial charge in [0.2, 0.25) is 11.6 Å². The zero-order valence-electron chi connectivity index (χ0n) is 14.0. The van der Waals surface area contributed by atoms with E-state index in [-0.39, 0.29) is 21.7 Å². The standard InChI is InChI=1S/C18H14N2O6/c1-24-13-7-3-5-11(9-13)17(21)15-16(20(23)26-19-15)18(22)12-6-4-8-14(10-12)25-2/h3-10H,1-2H3. The van der Waals surface area contributed by atoms with E-state index in [2.05, 4.69) is 9.79 Å². The third-order valence-corrected chi connectivity index (χ3v) is 3.71. The molecular weight excluding hydrogens is 340 g/mol. The second kappa shape index (κ2) is 7.06. The molecule has 26 heavy (non-hydrogen) atoms. The fraction of sp³-hybridized carbons (Fsp3) is 0.111. The van der Waals surface area contributed by atoms with Crippen molar-refractivity contribution in [2.45, 2.75) is 0 Å². The minimum Gasteiger partial charge on any atom is -0.497 e. The molecule has 0 saturated heterocycles. The van der Waals surface area contributed by atoms with Gasteiger partial charge in [-0.15, -0.1) is 0 Å². The highest BCUT2D eigenvalue weighted by Gasteiger charge is 2.33. The quantitative estimate of drug-likeness (QED) is 0.491. The molecule has 8 heteroatoms. The summed E-state index contributed by atoms with van der Waals surface area (Å²) >= 11 is 0. The van der Waals surface area contributed by atoms with E-state index >= 15 is 0 Å². The lowest BCUT2D eigenvalue weighted by Crippen LogP contribution is -2.33. The van der Waals surface area contributed by atoms with E-state index in [1.165, 1.54) is 38.5 Å². The van der Waals surface area contributed by atoms with Gasteiger partial charge in [0.25, 0.3) is 11.4 Å². The SMILES string of the molecule is COc1cccc(C(=O)c2no[n+]([O-])c2C(=O)c2cccc(OC)c2)c1. The number of hydrogen-bond acceptors (Lipinski definition) is 7. The first-order valence-corrected chi connectivity index (χ1v) is 7.52. The molecular formula is C18H14N2O6. The first-order chi connectivity index (χ1) is 12.5. The lowest BCUT2D eigenvalue weighted by Gasteiger charge is -2.03. The summed E-state index contributed by atoms with van der Waals surface area (Å²) in [6.07, 6.45) is 0. The molecule has 8 nitrogen and oxygen atoms in total. The zero-order chi connectivity index (χ0) is 18.7. The largest absolute Gasteiger partial charge is 0.497 e. The molecule has 0 aliphatic carbocycles. The predicted molar refractivity (Wildman–Crippen MR) is 88.3 cm³/mol. The van der Waals surface area contributed by atoms with Gasteiger partial charge in [0.1, 0.15) is 11.5 Å². The van der Waals surface area contributed by atoms with Crippen molar-refractivity contribution in [1.82, 2.24) is 5.16 Å². The molecule has 0 bridgehead atoms. The fourth-order valence-electron chi connectivity index (χ4n) is 2.39. The number of methoxy groups -OCH3 is 2. The molecule has 0 unspecified atom stereocenters. The van der Waals surface area contributed by atoms with Crippen LogP contribution in [0, 0.1) is 5.21 Å². The molecule has 0 fully saturated rings. The van der Waals surface area contributed by atoms with Crippen LogP contribution in [0.1, 0.15) is 32.1 Å². The number of benzene rings is 2. The van der Waals surface area contributed by atoms with E-state index < -0.39 is 17.3 Å². The number of aromatic nitrogens is 2. The fourth-order valence-corrected chi connectivity index (χ4v) is 2.39. The van der Waals surface area contributed by atoms with Gasteiger partial charge in [0.15, 0.2) is 0 Å². The van der Waals surface area contributed by atoms with Crippen LogP contribution in [0.4, 0.5) is 0 Å². The highest BCUT2D eigenvalue weighted by molar-refractivity contribution is 6.17. The maximum absolute atomic E-state index is 12.7. The summed E-state index contributed by atoms with van der Waals surface area (Å²) in [6.45, 7) is 0. The van der Waals surface area contributed by atoms with Gasteiger partial charge in [-0.1, -0.05) is 24.3 Å². The number of nitrogens with zero attached hydrogens (tertiary/aromatic N) is 2. The summed E-state index contributed by atoms with van der Waals surface area (Å²) in [6, 6.07) is 12.5. The summed E-state index contributed by atoms with van der Waals surface area (Å²) in [5, 5.41) is 15.4. The van der Waals surface area contributed by atoms with Gasteiger partial charge in [-0.2, -0.15) is 0 Å². The molecule has 2 aromatic carbocycles. The maximum Gasteiger partial charge on any atom is 0.300 e. The highest BCUT2D eigenvalue weighted by atomic mass is 16.8. The summed E-state index contributed by atoms with van der Waals surface area (Å²) in [5.74, 6) is -0.444. The average Bonchev–Trinajstić information content (AvgIpc) is 3.08. The first kappa shape index (κ1) is 17.2. The Morgan fingerprint density at radius 1 is 0.962 bits per heavy atom. The van der Waals surface area contributed by atoms with Crippen molar-refractivity contribution in [3.63, 3.8) is 0 Å². The molecule has 0 radical (unpaired) electrons. The smallest absolute Gasteiger partial charge is 0.300 e. The number of ether oxygens (including phenoxy) is 2. The van der Waals surface area contributed by atoms with Gasteiger partial charge in [-0.05, 0) is 29.2 Å². The summed E-state index contributed by atoms with van der Waals surface area (Å²) in [4.78, 5) is 25.3. The van der Waals surface area contributed by atoms with Crippen LogP contribution in [0.3, 0.4) is 0 Å². The molecule has 0 aliphatic heterocycles. The van der Waals surface area contributed by atoms with Crippen molar-refractivity contribution in [1.29, 1.82) is 0 Å². The second-order valence-corrected chi connectivity index (χ2v) is 5.25. The van der Waals surface area contributed by atoms with E-state index in [9.17, 15) is 14.8 Å². The summed E-state index contributed by atoms with van der Waals surface area (Å²) in [7, 11) is 2.91. The van der Waals surface area contributed by atoms with Crippen molar-refractivity contribution in [3.8, 4) is 11.5 Å². The lowest BCUT2D eigenvalue weighted by molar-refractivity contribution is -0.803. The molecule has 0 saturated carbocycles. The van der Waals surface area contributed by atoms with Crippen molar-refractivity contribution < 1.29 is 28.6 Å². The number of carbonyl (C=O) groups is 2. The number of carbonyl (C=O) groups excluding carboxylic acids is 2. The Hall–Kier alpha value is -3.68. The van der Waals surface area contributed by atoms with Gasteiger partial charge in [-0.3, -0.25) is 14.2 Å². The van der Waals surface area contributed by atoms with Crippen LogP contribution in [0.2, 0.25) is 0 Å². The number of hydrogen-bond donors (Lipinski definition) is 0. The molecule has 0 atom stereocenters. The Balaban J connectivity index is 2.03. The molecule has 3 aromatic rings. The van der Waals surface area contributed by atoms with E-state index in [1.54, 1.807) is 24.3 Å². The Morgan fingerprint density at radius 3 is 2.04 bits per heavy atom. The summed E-state index contributed by atoms with van der Waals surface area (Å²) in [5.41, 5.74) is -0.498. The van der Waals surface area contributed by atoms with Gasteiger partial charge < -0.3 is 14.7 Å². The second-order valence-electron chi connectivity index (χ2n) is 5.25.